The normalized spacial score (nSPS) is 11.1. The summed E-state index contributed by atoms with van der Waals surface area (Å²) in [5, 5.41) is 6.15. The first-order valence-corrected chi connectivity index (χ1v) is 8.96. The molecule has 0 aliphatic rings. The van der Waals surface area contributed by atoms with Crippen LogP contribution in [0, 0.1) is 0 Å². The molecule has 0 saturated carbocycles. The summed E-state index contributed by atoms with van der Waals surface area (Å²) in [7, 11) is 0. The second-order valence-corrected chi connectivity index (χ2v) is 6.21. The fraction of sp³-hybridized carbons (Fsp3) is 0.529. The molecule has 1 aromatic carbocycles. The molecule has 0 N–H and O–H groups in total. The summed E-state index contributed by atoms with van der Waals surface area (Å²) in [6.45, 7) is 0.891. The Morgan fingerprint density at radius 2 is 1.62 bits per heavy atom. The van der Waals surface area contributed by atoms with Gasteiger partial charge < -0.3 is 0 Å². The Bertz CT molecular complexity index is 609. The van der Waals surface area contributed by atoms with Crippen molar-refractivity contribution in [1.29, 1.82) is 0 Å². The molecule has 0 atom stereocenters. The van der Waals surface area contributed by atoms with Gasteiger partial charge in [0.2, 0.25) is 5.43 Å². The number of unbranched alkanes of at least 4 members (excludes halogenated alkanes) is 6. The summed E-state index contributed by atoms with van der Waals surface area (Å²) in [4.78, 5) is 11.8. The number of aromatic nitrogens is 2. The Hall–Kier alpha value is -1.16. The largest absolute Gasteiger partial charge is 0.287 e. The molecule has 21 heavy (non-hydrogen) atoms. The average Bonchev–Trinajstić information content (AvgIpc) is 2.52. The third kappa shape index (κ3) is 4.95. The van der Waals surface area contributed by atoms with Crippen molar-refractivity contribution in [2.24, 2.45) is 0 Å². The number of nitrogens with zero attached hydrogens (tertiary/aromatic N) is 2. The molecule has 4 heteroatoms. The molecule has 1 aromatic heterocycles. The van der Waals surface area contributed by atoms with E-state index < -0.39 is 0 Å². The highest BCUT2D eigenvalue weighted by Crippen LogP contribution is 2.11. The molecular formula is C17H23BrN2O. The van der Waals surface area contributed by atoms with E-state index in [9.17, 15) is 4.79 Å². The Balaban J connectivity index is 1.79. The van der Waals surface area contributed by atoms with Crippen LogP contribution < -0.4 is 5.43 Å². The molecule has 1 heterocycles. The monoisotopic (exact) mass is 350 g/mol. The van der Waals surface area contributed by atoms with Crippen molar-refractivity contribution in [1.82, 2.24) is 9.78 Å². The number of para-hydroxylation sites is 1. The van der Waals surface area contributed by atoms with Gasteiger partial charge in [-0.3, -0.25) is 9.48 Å². The fourth-order valence-corrected chi connectivity index (χ4v) is 2.98. The molecule has 0 amide bonds. The zero-order valence-corrected chi connectivity index (χ0v) is 14.0. The Labute approximate surface area is 134 Å². The SMILES string of the molecule is O=c1cnn(CCCCCCCCCBr)c2ccccc12. The third-order valence-electron chi connectivity index (χ3n) is 3.77. The van der Waals surface area contributed by atoms with Crippen molar-refractivity contribution in [2.45, 2.75) is 51.5 Å². The summed E-state index contributed by atoms with van der Waals surface area (Å²) < 4.78 is 1.96. The minimum atomic E-state index is 0.00800. The lowest BCUT2D eigenvalue weighted by Crippen LogP contribution is -2.12. The van der Waals surface area contributed by atoms with Crippen LogP contribution in [0.1, 0.15) is 44.9 Å². The van der Waals surface area contributed by atoms with Gasteiger partial charge in [0.15, 0.2) is 0 Å². The summed E-state index contributed by atoms with van der Waals surface area (Å²) in [6, 6.07) is 7.72. The first-order valence-electron chi connectivity index (χ1n) is 7.84. The van der Waals surface area contributed by atoms with Gasteiger partial charge >= 0.3 is 0 Å². The van der Waals surface area contributed by atoms with Crippen LogP contribution >= 0.6 is 15.9 Å². The molecule has 2 rings (SSSR count). The fourth-order valence-electron chi connectivity index (χ4n) is 2.58. The Kier molecular flexibility index (Phi) is 6.93. The number of alkyl halides is 1. The third-order valence-corrected chi connectivity index (χ3v) is 4.33. The number of hydrogen-bond acceptors (Lipinski definition) is 2. The number of aryl methyl sites for hydroxylation is 1. The molecular weight excluding hydrogens is 328 g/mol. The van der Waals surface area contributed by atoms with Crippen LogP contribution in [-0.4, -0.2) is 15.1 Å². The van der Waals surface area contributed by atoms with Gasteiger partial charge in [0, 0.05) is 17.3 Å². The average molecular weight is 351 g/mol. The topological polar surface area (TPSA) is 34.9 Å². The van der Waals surface area contributed by atoms with Crippen molar-refractivity contribution in [3.8, 4) is 0 Å². The summed E-state index contributed by atoms with van der Waals surface area (Å²) in [5.74, 6) is 0. The molecule has 3 nitrogen and oxygen atoms in total. The van der Waals surface area contributed by atoms with E-state index in [1.54, 1.807) is 0 Å². The highest BCUT2D eigenvalue weighted by Gasteiger charge is 2.02. The zero-order valence-electron chi connectivity index (χ0n) is 12.4. The van der Waals surface area contributed by atoms with Crippen LogP contribution in [0.2, 0.25) is 0 Å². The van der Waals surface area contributed by atoms with Gasteiger partial charge in [-0.15, -0.1) is 0 Å². The van der Waals surface area contributed by atoms with E-state index in [0.29, 0.717) is 0 Å². The Morgan fingerprint density at radius 3 is 2.38 bits per heavy atom. The van der Waals surface area contributed by atoms with Crippen LogP contribution in [0.4, 0.5) is 0 Å². The number of benzene rings is 1. The lowest BCUT2D eigenvalue weighted by atomic mass is 10.1. The van der Waals surface area contributed by atoms with Gasteiger partial charge in [-0.2, -0.15) is 5.10 Å². The zero-order chi connectivity index (χ0) is 14.9. The molecule has 0 radical (unpaired) electrons. The second-order valence-electron chi connectivity index (χ2n) is 5.41. The summed E-state index contributed by atoms with van der Waals surface area (Å²) >= 11 is 3.46. The van der Waals surface area contributed by atoms with Gasteiger partial charge in [0.25, 0.3) is 0 Å². The smallest absolute Gasteiger partial charge is 0.207 e. The van der Waals surface area contributed by atoms with Crippen LogP contribution in [-0.2, 0) is 6.54 Å². The van der Waals surface area contributed by atoms with E-state index in [2.05, 4.69) is 21.0 Å². The van der Waals surface area contributed by atoms with E-state index in [4.69, 9.17) is 0 Å². The molecule has 114 valence electrons. The molecule has 0 aliphatic carbocycles. The van der Waals surface area contributed by atoms with E-state index in [-0.39, 0.29) is 5.43 Å². The van der Waals surface area contributed by atoms with Gasteiger partial charge in [-0.05, 0) is 25.0 Å². The minimum absolute atomic E-state index is 0.00800. The van der Waals surface area contributed by atoms with Crippen molar-refractivity contribution in [2.75, 3.05) is 5.33 Å². The first-order chi connectivity index (χ1) is 10.3. The Morgan fingerprint density at radius 1 is 0.952 bits per heavy atom. The molecule has 0 fully saturated rings. The van der Waals surface area contributed by atoms with Gasteiger partial charge in [-0.25, -0.2) is 0 Å². The van der Waals surface area contributed by atoms with Crippen LogP contribution in [0.25, 0.3) is 10.9 Å². The van der Waals surface area contributed by atoms with E-state index in [0.717, 1.165) is 29.2 Å². The van der Waals surface area contributed by atoms with Gasteiger partial charge in [-0.1, -0.05) is 60.2 Å². The summed E-state index contributed by atoms with van der Waals surface area (Å²) in [5.41, 5.74) is 0.955. The predicted octanol–water partition coefficient (Wildman–Crippen LogP) is 4.52. The second kappa shape index (κ2) is 8.98. The number of rotatable bonds is 9. The summed E-state index contributed by atoms with van der Waals surface area (Å²) in [6.07, 6.45) is 10.4. The standard InChI is InChI=1S/C17H23BrN2O/c18-12-8-4-2-1-3-5-9-13-20-16-11-7-6-10-15(16)17(21)14-19-20/h6-7,10-11,14H,1-5,8-9,12-13H2. The maximum Gasteiger partial charge on any atom is 0.207 e. The predicted molar refractivity (Wildman–Crippen MR) is 92.1 cm³/mol. The van der Waals surface area contributed by atoms with Crippen LogP contribution in [0.15, 0.2) is 35.3 Å². The molecule has 0 spiro atoms. The number of fused-ring (bicyclic) bond motifs is 1. The maximum atomic E-state index is 11.8. The van der Waals surface area contributed by atoms with Crippen molar-refractivity contribution in [3.63, 3.8) is 0 Å². The first kappa shape index (κ1) is 16.2. The van der Waals surface area contributed by atoms with Crippen LogP contribution in [0.3, 0.4) is 0 Å². The van der Waals surface area contributed by atoms with Crippen molar-refractivity contribution >= 4 is 26.8 Å². The van der Waals surface area contributed by atoms with E-state index in [1.165, 1.54) is 44.7 Å². The van der Waals surface area contributed by atoms with Gasteiger partial charge in [0.05, 0.1) is 11.7 Å². The maximum absolute atomic E-state index is 11.8. The number of halogens is 1. The molecule has 0 unspecified atom stereocenters. The minimum Gasteiger partial charge on any atom is -0.287 e. The number of hydrogen-bond donors (Lipinski definition) is 0. The van der Waals surface area contributed by atoms with E-state index >= 15 is 0 Å². The van der Waals surface area contributed by atoms with Crippen molar-refractivity contribution < 1.29 is 0 Å². The van der Waals surface area contributed by atoms with E-state index in [1.807, 2.05) is 28.9 Å². The molecule has 2 aromatic rings. The molecule has 0 saturated heterocycles. The lowest BCUT2D eigenvalue weighted by molar-refractivity contribution is 0.528. The molecule has 0 aliphatic heterocycles. The lowest BCUT2D eigenvalue weighted by Gasteiger charge is -2.08. The van der Waals surface area contributed by atoms with Gasteiger partial charge in [0.1, 0.15) is 0 Å². The highest BCUT2D eigenvalue weighted by atomic mass is 79.9. The van der Waals surface area contributed by atoms with Crippen LogP contribution in [0.5, 0.6) is 0 Å². The molecule has 0 bridgehead atoms. The van der Waals surface area contributed by atoms with Crippen molar-refractivity contribution in [3.05, 3.63) is 40.7 Å². The quantitative estimate of drug-likeness (QED) is 0.492. The highest BCUT2D eigenvalue weighted by molar-refractivity contribution is 9.09.